The number of hydrogen-bond donors (Lipinski definition) is 3. The summed E-state index contributed by atoms with van der Waals surface area (Å²) in [6.07, 6.45) is 5.99. The Morgan fingerprint density at radius 2 is 1.90 bits per heavy atom. The zero-order chi connectivity index (χ0) is 20.1. The van der Waals surface area contributed by atoms with Crippen LogP contribution in [0.3, 0.4) is 0 Å². The van der Waals surface area contributed by atoms with Gasteiger partial charge in [0.05, 0.1) is 23.3 Å². The van der Waals surface area contributed by atoms with Gasteiger partial charge in [0.1, 0.15) is 11.6 Å². The highest BCUT2D eigenvalue weighted by molar-refractivity contribution is 9.10. The van der Waals surface area contributed by atoms with Crippen LogP contribution in [0.5, 0.6) is 0 Å². The van der Waals surface area contributed by atoms with Crippen molar-refractivity contribution in [2.75, 3.05) is 17.2 Å². The van der Waals surface area contributed by atoms with Crippen LogP contribution in [-0.4, -0.2) is 37.3 Å². The van der Waals surface area contributed by atoms with E-state index in [4.69, 9.17) is 0 Å². The molecule has 0 fully saturated rings. The Hall–Kier alpha value is -2.97. The Bertz CT molecular complexity index is 1070. The van der Waals surface area contributed by atoms with Gasteiger partial charge in [0, 0.05) is 25.0 Å². The summed E-state index contributed by atoms with van der Waals surface area (Å²) in [4.78, 5) is 8.81. The molecule has 0 aliphatic rings. The van der Waals surface area contributed by atoms with E-state index in [-0.39, 0.29) is 12.6 Å². The van der Waals surface area contributed by atoms with Crippen LogP contribution in [0.1, 0.15) is 11.1 Å². The molecule has 0 aliphatic carbocycles. The minimum absolute atomic E-state index is 0.000627. The molecule has 3 heterocycles. The molecule has 0 aliphatic heterocycles. The maximum Gasteiger partial charge on any atom is 0.173 e. The third-order valence-electron chi connectivity index (χ3n) is 4.52. The number of nitrogens with zero attached hydrogens (tertiary/aromatic N) is 4. The molecule has 0 saturated carbocycles. The van der Waals surface area contributed by atoms with E-state index in [2.05, 4.69) is 53.8 Å². The fraction of sp³-hybridized carbons (Fsp3) is 0.190. The van der Waals surface area contributed by atoms with Gasteiger partial charge in [-0.25, -0.2) is 4.98 Å². The summed E-state index contributed by atoms with van der Waals surface area (Å²) in [5.41, 5.74) is 2.91. The summed E-state index contributed by atoms with van der Waals surface area (Å²) in [6, 6.07) is 15.7. The first kappa shape index (κ1) is 19.4. The maximum atomic E-state index is 9.86. The second-order valence-corrected chi connectivity index (χ2v) is 7.54. The van der Waals surface area contributed by atoms with Crippen molar-refractivity contribution in [1.82, 2.24) is 19.6 Å². The van der Waals surface area contributed by atoms with Crippen molar-refractivity contribution < 1.29 is 5.11 Å². The molecule has 148 valence electrons. The van der Waals surface area contributed by atoms with Crippen LogP contribution in [0, 0.1) is 0 Å². The highest BCUT2D eigenvalue weighted by Crippen LogP contribution is 2.23. The number of aliphatic hydroxyl groups is 1. The fourth-order valence-corrected chi connectivity index (χ4v) is 3.45. The number of aromatic nitrogens is 4. The summed E-state index contributed by atoms with van der Waals surface area (Å²) in [5.74, 6) is 1.46. The second kappa shape index (κ2) is 9.02. The minimum Gasteiger partial charge on any atom is -0.394 e. The van der Waals surface area contributed by atoms with Gasteiger partial charge in [-0.1, -0.05) is 36.4 Å². The molecular formula is C21H21BrN6O. The van der Waals surface area contributed by atoms with Crippen molar-refractivity contribution in [3.8, 4) is 0 Å². The van der Waals surface area contributed by atoms with Crippen molar-refractivity contribution >= 4 is 33.2 Å². The van der Waals surface area contributed by atoms with Crippen molar-refractivity contribution in [1.29, 1.82) is 0 Å². The zero-order valence-corrected chi connectivity index (χ0v) is 17.2. The molecule has 0 saturated heterocycles. The van der Waals surface area contributed by atoms with E-state index in [0.29, 0.717) is 24.4 Å². The summed E-state index contributed by atoms with van der Waals surface area (Å²) in [7, 11) is 0. The third-order valence-corrected chi connectivity index (χ3v) is 5.08. The molecule has 29 heavy (non-hydrogen) atoms. The van der Waals surface area contributed by atoms with Gasteiger partial charge < -0.3 is 15.7 Å². The SMILES string of the molecule is OC[C@H](Cc1ccccc1)Nc1cc(NCc2cccnc2)n2ncc(Br)c2n1. The molecule has 0 unspecified atom stereocenters. The predicted octanol–water partition coefficient (Wildman–Crippen LogP) is 3.51. The molecule has 0 radical (unpaired) electrons. The highest BCUT2D eigenvalue weighted by atomic mass is 79.9. The average molecular weight is 453 g/mol. The van der Waals surface area contributed by atoms with E-state index in [9.17, 15) is 5.11 Å². The lowest BCUT2D eigenvalue weighted by molar-refractivity contribution is 0.273. The second-order valence-electron chi connectivity index (χ2n) is 6.68. The van der Waals surface area contributed by atoms with Gasteiger partial charge in [-0.3, -0.25) is 4.98 Å². The number of pyridine rings is 1. The topological polar surface area (TPSA) is 87.4 Å². The molecule has 1 aromatic carbocycles. The lowest BCUT2D eigenvalue weighted by Gasteiger charge is -2.18. The van der Waals surface area contributed by atoms with E-state index in [1.807, 2.05) is 42.6 Å². The average Bonchev–Trinajstić information content (AvgIpc) is 3.14. The van der Waals surface area contributed by atoms with E-state index >= 15 is 0 Å². The lowest BCUT2D eigenvalue weighted by atomic mass is 10.1. The van der Waals surface area contributed by atoms with Crippen molar-refractivity contribution in [3.05, 3.63) is 82.7 Å². The predicted molar refractivity (Wildman–Crippen MR) is 117 cm³/mol. The number of benzene rings is 1. The Morgan fingerprint density at radius 3 is 2.66 bits per heavy atom. The van der Waals surface area contributed by atoms with Crippen LogP contribution in [0.15, 0.2) is 71.6 Å². The molecule has 8 heteroatoms. The van der Waals surface area contributed by atoms with Gasteiger partial charge in [-0.05, 0) is 39.5 Å². The molecule has 3 N–H and O–H groups in total. The number of anilines is 2. The third kappa shape index (κ3) is 4.72. The normalized spacial score (nSPS) is 12.1. The van der Waals surface area contributed by atoms with Crippen LogP contribution >= 0.6 is 15.9 Å². The molecule has 1 atom stereocenters. The molecule has 7 nitrogen and oxygen atoms in total. The van der Waals surface area contributed by atoms with Crippen LogP contribution < -0.4 is 10.6 Å². The van der Waals surface area contributed by atoms with Crippen molar-refractivity contribution in [3.63, 3.8) is 0 Å². The van der Waals surface area contributed by atoms with Crippen LogP contribution in [0.2, 0.25) is 0 Å². The zero-order valence-electron chi connectivity index (χ0n) is 15.7. The summed E-state index contributed by atoms with van der Waals surface area (Å²) in [5, 5.41) is 21.0. The molecule has 4 aromatic rings. The van der Waals surface area contributed by atoms with Gasteiger partial charge in [0.2, 0.25) is 0 Å². The standard InChI is InChI=1S/C21H21BrN6O/c22-18-13-25-28-20(24-12-16-7-4-8-23-11-16)10-19(27-21(18)28)26-17(14-29)9-15-5-2-1-3-6-15/h1-8,10-11,13,17,24,29H,9,12,14H2,(H,26,27)/t17-/m0/s1. The van der Waals surface area contributed by atoms with Gasteiger partial charge in [-0.2, -0.15) is 9.61 Å². The van der Waals surface area contributed by atoms with Gasteiger partial charge in [-0.15, -0.1) is 0 Å². The Kier molecular flexibility index (Phi) is 6.02. The number of rotatable bonds is 8. The van der Waals surface area contributed by atoms with Crippen molar-refractivity contribution in [2.24, 2.45) is 0 Å². The first-order valence-electron chi connectivity index (χ1n) is 9.31. The molecule has 4 rings (SSSR count). The van der Waals surface area contributed by atoms with Crippen LogP contribution in [-0.2, 0) is 13.0 Å². The molecule has 0 spiro atoms. The number of nitrogens with one attached hydrogen (secondary N) is 2. The number of halogens is 1. The van der Waals surface area contributed by atoms with Crippen molar-refractivity contribution in [2.45, 2.75) is 19.0 Å². The first-order valence-corrected chi connectivity index (χ1v) is 10.1. The Labute approximate surface area is 177 Å². The molecule has 3 aromatic heterocycles. The first-order chi connectivity index (χ1) is 14.2. The monoisotopic (exact) mass is 452 g/mol. The van der Waals surface area contributed by atoms with E-state index in [1.165, 1.54) is 0 Å². The van der Waals surface area contributed by atoms with E-state index < -0.39 is 0 Å². The van der Waals surface area contributed by atoms with E-state index in [1.54, 1.807) is 16.9 Å². The highest BCUT2D eigenvalue weighted by Gasteiger charge is 2.14. The molecular weight excluding hydrogens is 432 g/mol. The Balaban J connectivity index is 1.57. The minimum atomic E-state index is -0.153. The summed E-state index contributed by atoms with van der Waals surface area (Å²) >= 11 is 3.51. The van der Waals surface area contributed by atoms with Gasteiger partial charge in [0.25, 0.3) is 0 Å². The van der Waals surface area contributed by atoms with Crippen LogP contribution in [0.4, 0.5) is 11.6 Å². The Morgan fingerprint density at radius 1 is 1.07 bits per heavy atom. The van der Waals surface area contributed by atoms with Gasteiger partial charge in [0.15, 0.2) is 5.65 Å². The summed E-state index contributed by atoms with van der Waals surface area (Å²) < 4.78 is 2.55. The number of aliphatic hydroxyl groups excluding tert-OH is 1. The number of hydrogen-bond acceptors (Lipinski definition) is 6. The molecule has 0 amide bonds. The summed E-state index contributed by atoms with van der Waals surface area (Å²) in [6.45, 7) is 0.609. The lowest BCUT2D eigenvalue weighted by Crippen LogP contribution is -2.27. The maximum absolute atomic E-state index is 9.86. The quantitative estimate of drug-likeness (QED) is 0.379. The van der Waals surface area contributed by atoms with Crippen LogP contribution in [0.25, 0.3) is 5.65 Å². The molecule has 0 bridgehead atoms. The van der Waals surface area contributed by atoms with Gasteiger partial charge >= 0.3 is 0 Å². The largest absolute Gasteiger partial charge is 0.394 e. The smallest absolute Gasteiger partial charge is 0.173 e. The number of fused-ring (bicyclic) bond motifs is 1. The fourth-order valence-electron chi connectivity index (χ4n) is 3.10. The van der Waals surface area contributed by atoms with E-state index in [0.717, 1.165) is 21.4 Å².